The van der Waals surface area contributed by atoms with Crippen molar-refractivity contribution in [3.05, 3.63) is 29.3 Å². The van der Waals surface area contributed by atoms with Crippen molar-refractivity contribution in [1.29, 1.82) is 0 Å². The van der Waals surface area contributed by atoms with E-state index in [1.54, 1.807) is 18.2 Å². The zero-order chi connectivity index (χ0) is 14.0. The third-order valence-electron chi connectivity index (χ3n) is 3.16. The molecule has 1 aromatic carbocycles. The van der Waals surface area contributed by atoms with Crippen molar-refractivity contribution in [2.24, 2.45) is 0 Å². The SMILES string of the molecule is Cc1ccc(C(=O)N2CCOC(C(=O)O)C2)cc1N. The lowest BCUT2D eigenvalue weighted by molar-refractivity contribution is -0.154. The number of ether oxygens (including phenoxy) is 1. The zero-order valence-electron chi connectivity index (χ0n) is 10.6. The number of carboxylic acids is 1. The lowest BCUT2D eigenvalue weighted by atomic mass is 10.1. The molecule has 1 fully saturated rings. The van der Waals surface area contributed by atoms with E-state index in [9.17, 15) is 9.59 Å². The molecule has 0 bridgehead atoms. The van der Waals surface area contributed by atoms with Gasteiger partial charge in [-0.3, -0.25) is 4.79 Å². The highest BCUT2D eigenvalue weighted by atomic mass is 16.5. The van der Waals surface area contributed by atoms with E-state index < -0.39 is 12.1 Å². The minimum Gasteiger partial charge on any atom is -0.479 e. The van der Waals surface area contributed by atoms with Crippen LogP contribution >= 0.6 is 0 Å². The van der Waals surface area contributed by atoms with Gasteiger partial charge in [0.05, 0.1) is 13.2 Å². The molecular formula is C13H16N2O4. The fraction of sp³-hybridized carbons (Fsp3) is 0.385. The summed E-state index contributed by atoms with van der Waals surface area (Å²) in [4.78, 5) is 24.6. The van der Waals surface area contributed by atoms with Crippen molar-refractivity contribution in [2.75, 3.05) is 25.4 Å². The first-order chi connectivity index (χ1) is 8.99. The Labute approximate surface area is 110 Å². The molecule has 2 rings (SSSR count). The molecular weight excluding hydrogens is 248 g/mol. The van der Waals surface area contributed by atoms with Crippen LogP contribution in [0.3, 0.4) is 0 Å². The zero-order valence-corrected chi connectivity index (χ0v) is 10.6. The standard InChI is InChI=1S/C13H16N2O4/c1-8-2-3-9(6-10(8)14)12(16)15-4-5-19-11(7-15)13(17)18/h2-3,6,11H,4-5,7,14H2,1H3,(H,17,18). The summed E-state index contributed by atoms with van der Waals surface area (Å²) in [6.45, 7) is 2.53. The van der Waals surface area contributed by atoms with Crippen molar-refractivity contribution < 1.29 is 19.4 Å². The average molecular weight is 264 g/mol. The van der Waals surface area contributed by atoms with Crippen molar-refractivity contribution >= 4 is 17.6 Å². The van der Waals surface area contributed by atoms with Crippen molar-refractivity contribution in [3.8, 4) is 0 Å². The van der Waals surface area contributed by atoms with Crippen molar-refractivity contribution in [3.63, 3.8) is 0 Å². The van der Waals surface area contributed by atoms with Gasteiger partial charge < -0.3 is 20.5 Å². The summed E-state index contributed by atoms with van der Waals surface area (Å²) in [5.41, 5.74) is 7.70. The lowest BCUT2D eigenvalue weighted by Crippen LogP contribution is -2.48. The van der Waals surface area contributed by atoms with Crippen LogP contribution in [0.1, 0.15) is 15.9 Å². The molecule has 0 saturated carbocycles. The molecule has 1 atom stereocenters. The van der Waals surface area contributed by atoms with E-state index in [1.165, 1.54) is 4.90 Å². The Morgan fingerprint density at radius 3 is 2.84 bits per heavy atom. The van der Waals surface area contributed by atoms with E-state index in [0.29, 0.717) is 17.8 Å². The van der Waals surface area contributed by atoms with Crippen LogP contribution in [-0.2, 0) is 9.53 Å². The number of anilines is 1. The number of benzene rings is 1. The molecule has 1 aliphatic heterocycles. The average Bonchev–Trinajstić information content (AvgIpc) is 2.41. The van der Waals surface area contributed by atoms with Crippen LogP contribution in [0.15, 0.2) is 18.2 Å². The molecule has 6 nitrogen and oxygen atoms in total. The second-order valence-corrected chi connectivity index (χ2v) is 4.52. The molecule has 0 radical (unpaired) electrons. The van der Waals surface area contributed by atoms with E-state index in [4.69, 9.17) is 15.6 Å². The van der Waals surface area contributed by atoms with Gasteiger partial charge in [0, 0.05) is 17.8 Å². The number of amides is 1. The number of rotatable bonds is 2. The van der Waals surface area contributed by atoms with Crippen LogP contribution in [-0.4, -0.2) is 47.7 Å². The number of carboxylic acid groups (broad SMARTS) is 1. The second kappa shape index (κ2) is 5.27. The molecule has 1 aliphatic rings. The third kappa shape index (κ3) is 2.85. The maximum absolute atomic E-state index is 12.3. The molecule has 102 valence electrons. The van der Waals surface area contributed by atoms with E-state index in [2.05, 4.69) is 0 Å². The van der Waals surface area contributed by atoms with Gasteiger partial charge >= 0.3 is 5.97 Å². The van der Waals surface area contributed by atoms with E-state index >= 15 is 0 Å². The number of hydrogen-bond donors (Lipinski definition) is 2. The second-order valence-electron chi connectivity index (χ2n) is 4.52. The summed E-state index contributed by atoms with van der Waals surface area (Å²) < 4.78 is 5.08. The number of nitrogens with zero attached hydrogens (tertiary/aromatic N) is 1. The van der Waals surface area contributed by atoms with Crippen LogP contribution in [0, 0.1) is 6.92 Å². The van der Waals surface area contributed by atoms with Gasteiger partial charge in [0.15, 0.2) is 6.10 Å². The Bertz CT molecular complexity index is 515. The fourth-order valence-electron chi connectivity index (χ4n) is 1.94. The summed E-state index contributed by atoms with van der Waals surface area (Å²) >= 11 is 0. The van der Waals surface area contributed by atoms with Crippen LogP contribution in [0.2, 0.25) is 0 Å². The Hall–Kier alpha value is -2.08. The van der Waals surface area contributed by atoms with Gasteiger partial charge in [-0.05, 0) is 24.6 Å². The van der Waals surface area contributed by atoms with Crippen LogP contribution in [0.4, 0.5) is 5.69 Å². The van der Waals surface area contributed by atoms with Gasteiger partial charge in [0.2, 0.25) is 0 Å². The molecule has 0 aliphatic carbocycles. The summed E-state index contributed by atoms with van der Waals surface area (Å²) in [6.07, 6.45) is -0.958. The molecule has 1 unspecified atom stereocenters. The number of hydrogen-bond acceptors (Lipinski definition) is 4. The number of nitrogen functional groups attached to an aromatic ring is 1. The summed E-state index contributed by atoms with van der Waals surface area (Å²) in [5.74, 6) is -1.28. The Balaban J connectivity index is 2.14. The number of morpholine rings is 1. The minimum atomic E-state index is -1.05. The van der Waals surface area contributed by atoms with E-state index in [1.807, 2.05) is 6.92 Å². The van der Waals surface area contributed by atoms with Crippen LogP contribution in [0.5, 0.6) is 0 Å². The number of aryl methyl sites for hydroxylation is 1. The number of carbonyl (C=O) groups excluding carboxylic acids is 1. The third-order valence-corrected chi connectivity index (χ3v) is 3.16. The first kappa shape index (κ1) is 13.4. The number of aliphatic carboxylic acids is 1. The normalized spacial score (nSPS) is 19.2. The smallest absolute Gasteiger partial charge is 0.334 e. The maximum Gasteiger partial charge on any atom is 0.334 e. The van der Waals surface area contributed by atoms with Gasteiger partial charge in [0.25, 0.3) is 5.91 Å². The number of carbonyl (C=O) groups is 2. The number of nitrogens with two attached hydrogens (primary N) is 1. The monoisotopic (exact) mass is 264 g/mol. The molecule has 1 amide bonds. The summed E-state index contributed by atoms with van der Waals surface area (Å²) in [6, 6.07) is 5.08. The molecule has 1 aromatic rings. The van der Waals surface area contributed by atoms with Crippen LogP contribution in [0.25, 0.3) is 0 Å². The summed E-state index contributed by atoms with van der Waals surface area (Å²) in [5, 5.41) is 8.91. The van der Waals surface area contributed by atoms with Gasteiger partial charge in [-0.1, -0.05) is 6.07 Å². The molecule has 19 heavy (non-hydrogen) atoms. The fourth-order valence-corrected chi connectivity index (χ4v) is 1.94. The van der Waals surface area contributed by atoms with Gasteiger partial charge in [-0.2, -0.15) is 0 Å². The van der Waals surface area contributed by atoms with Gasteiger partial charge in [-0.15, -0.1) is 0 Å². The molecule has 1 heterocycles. The molecule has 0 spiro atoms. The minimum absolute atomic E-state index is 0.0575. The van der Waals surface area contributed by atoms with Crippen molar-refractivity contribution in [1.82, 2.24) is 4.90 Å². The Kier molecular flexibility index (Phi) is 3.71. The first-order valence-electron chi connectivity index (χ1n) is 5.99. The van der Waals surface area contributed by atoms with E-state index in [-0.39, 0.29) is 19.1 Å². The maximum atomic E-state index is 12.3. The lowest BCUT2D eigenvalue weighted by Gasteiger charge is -2.31. The molecule has 0 aromatic heterocycles. The summed E-state index contributed by atoms with van der Waals surface area (Å²) in [7, 11) is 0. The first-order valence-corrected chi connectivity index (χ1v) is 5.99. The van der Waals surface area contributed by atoms with E-state index in [0.717, 1.165) is 5.56 Å². The quantitative estimate of drug-likeness (QED) is 0.759. The highest BCUT2D eigenvalue weighted by molar-refractivity contribution is 5.95. The Morgan fingerprint density at radius 2 is 2.21 bits per heavy atom. The molecule has 1 saturated heterocycles. The molecule has 3 N–H and O–H groups in total. The van der Waals surface area contributed by atoms with Crippen LogP contribution < -0.4 is 5.73 Å². The van der Waals surface area contributed by atoms with Gasteiger partial charge in [0.1, 0.15) is 0 Å². The predicted octanol–water partition coefficient (Wildman–Crippen LogP) is 0.503. The highest BCUT2D eigenvalue weighted by Crippen LogP contribution is 2.16. The molecule has 6 heteroatoms. The predicted molar refractivity (Wildman–Crippen MR) is 68.9 cm³/mol. The Morgan fingerprint density at radius 1 is 1.47 bits per heavy atom. The van der Waals surface area contributed by atoms with Crippen molar-refractivity contribution in [2.45, 2.75) is 13.0 Å². The van der Waals surface area contributed by atoms with Gasteiger partial charge in [-0.25, -0.2) is 4.79 Å². The largest absolute Gasteiger partial charge is 0.479 e. The topological polar surface area (TPSA) is 92.9 Å². The highest BCUT2D eigenvalue weighted by Gasteiger charge is 2.29.